The molecule has 1 aliphatic carbocycles. The molecule has 12 heteroatoms. The number of ether oxygens (including phenoxy) is 1. The van der Waals surface area contributed by atoms with Crippen LogP contribution in [0.4, 0.5) is 28.6 Å². The Hall–Kier alpha value is -3.09. The fourth-order valence-corrected chi connectivity index (χ4v) is 6.92. The van der Waals surface area contributed by atoms with Crippen LogP contribution in [0, 0.1) is 5.41 Å². The average molecular weight is 571 g/mol. The number of aromatic nitrogens is 1. The maximum atomic E-state index is 13.7. The molecule has 0 unspecified atom stereocenters. The highest BCUT2D eigenvalue weighted by atomic mass is 32.2. The summed E-state index contributed by atoms with van der Waals surface area (Å²) in [6.45, 7) is 4.84. The summed E-state index contributed by atoms with van der Waals surface area (Å²) in [5.74, 6) is 0.153. The lowest BCUT2D eigenvalue weighted by Gasteiger charge is -2.35. The van der Waals surface area contributed by atoms with Gasteiger partial charge < -0.3 is 29.9 Å². The van der Waals surface area contributed by atoms with Gasteiger partial charge in [0.05, 0.1) is 48.3 Å². The molecule has 11 nitrogen and oxygen atoms in total. The van der Waals surface area contributed by atoms with Gasteiger partial charge in [0.15, 0.2) is 5.82 Å². The molecule has 3 N–H and O–H groups in total. The van der Waals surface area contributed by atoms with E-state index in [0.717, 1.165) is 74.7 Å². The largest absolute Gasteiger partial charge is 0.395 e. The first-order valence-electron chi connectivity index (χ1n) is 14.2. The van der Waals surface area contributed by atoms with Crippen LogP contribution >= 0.6 is 0 Å². The molecule has 2 saturated heterocycles. The smallest absolute Gasteiger partial charge is 0.274 e. The fourth-order valence-electron chi connectivity index (χ4n) is 6.09. The van der Waals surface area contributed by atoms with Crippen molar-refractivity contribution in [1.29, 1.82) is 0 Å². The molecule has 0 bridgehead atoms. The molecule has 40 heavy (non-hydrogen) atoms. The van der Waals surface area contributed by atoms with Crippen molar-refractivity contribution in [3.8, 4) is 0 Å². The predicted octanol–water partition coefficient (Wildman–Crippen LogP) is 2.28. The lowest BCUT2D eigenvalue weighted by atomic mass is 9.93. The Bertz CT molecular complexity index is 1380. The first-order valence-corrected chi connectivity index (χ1v) is 15.8. The number of aliphatic hydroxyl groups is 1. The predicted molar refractivity (Wildman–Crippen MR) is 156 cm³/mol. The number of fused-ring (bicyclic) bond motifs is 1. The molecule has 4 aliphatic rings. The van der Waals surface area contributed by atoms with Gasteiger partial charge in [0.25, 0.3) is 5.91 Å². The van der Waals surface area contributed by atoms with E-state index in [1.807, 2.05) is 6.07 Å². The summed E-state index contributed by atoms with van der Waals surface area (Å²) in [5, 5.41) is 12.2. The molecule has 0 radical (unpaired) electrons. The second kappa shape index (κ2) is 10.7. The Labute approximate surface area is 235 Å². The monoisotopic (exact) mass is 570 g/mol. The molecular weight excluding hydrogens is 532 g/mol. The molecular formula is C28H38N6O5S. The van der Waals surface area contributed by atoms with Crippen molar-refractivity contribution >= 4 is 44.5 Å². The van der Waals surface area contributed by atoms with Crippen LogP contribution in [0.15, 0.2) is 24.3 Å². The third kappa shape index (κ3) is 5.57. The Morgan fingerprint density at radius 1 is 1.05 bits per heavy atom. The van der Waals surface area contributed by atoms with Crippen molar-refractivity contribution in [2.24, 2.45) is 5.41 Å². The number of hydrogen-bond acceptors (Lipinski definition) is 9. The molecule has 1 spiro atoms. The number of pyridine rings is 1. The van der Waals surface area contributed by atoms with Gasteiger partial charge in [-0.25, -0.2) is 13.4 Å². The van der Waals surface area contributed by atoms with E-state index < -0.39 is 16.6 Å². The topological polar surface area (TPSA) is 127 Å². The maximum absolute atomic E-state index is 13.7. The van der Waals surface area contributed by atoms with Crippen molar-refractivity contribution < 1.29 is 23.1 Å². The lowest BCUT2D eigenvalue weighted by molar-refractivity contribution is 0.102. The molecule has 1 aromatic heterocycles. The van der Waals surface area contributed by atoms with E-state index in [4.69, 9.17) is 14.8 Å². The zero-order valence-electron chi connectivity index (χ0n) is 23.0. The minimum Gasteiger partial charge on any atom is -0.395 e. The average Bonchev–Trinajstić information content (AvgIpc) is 3.60. The van der Waals surface area contributed by atoms with E-state index in [1.165, 1.54) is 12.8 Å². The Morgan fingerprint density at radius 2 is 1.80 bits per heavy atom. The number of benzene rings is 1. The van der Waals surface area contributed by atoms with Gasteiger partial charge in [-0.1, -0.05) is 0 Å². The number of nitrogens with zero attached hydrogens (tertiary/aromatic N) is 4. The number of nitrogens with one attached hydrogen (secondary N) is 2. The third-order valence-electron chi connectivity index (χ3n) is 8.70. The summed E-state index contributed by atoms with van der Waals surface area (Å²) < 4.78 is 32.8. The summed E-state index contributed by atoms with van der Waals surface area (Å²) in [5.41, 5.74) is 4.84. The highest BCUT2D eigenvalue weighted by molar-refractivity contribution is 7.92. The van der Waals surface area contributed by atoms with Crippen LogP contribution in [-0.4, -0.2) is 89.8 Å². The summed E-state index contributed by atoms with van der Waals surface area (Å²) in [4.78, 5) is 25.2. The van der Waals surface area contributed by atoms with Crippen molar-refractivity contribution in [3.63, 3.8) is 0 Å². The van der Waals surface area contributed by atoms with Crippen molar-refractivity contribution in [1.82, 2.24) is 4.98 Å². The van der Waals surface area contributed by atoms with Crippen LogP contribution in [0.5, 0.6) is 0 Å². The van der Waals surface area contributed by atoms with Gasteiger partial charge >= 0.3 is 0 Å². The van der Waals surface area contributed by atoms with Gasteiger partial charge in [-0.3, -0.25) is 9.52 Å². The van der Waals surface area contributed by atoms with E-state index in [-0.39, 0.29) is 11.7 Å². The summed E-state index contributed by atoms with van der Waals surface area (Å²) in [6, 6.07) is 7.06. The molecule has 3 aliphatic heterocycles. The number of likely N-dealkylation sites (N-methyl/N-ethyl adjacent to an activating group) is 1. The van der Waals surface area contributed by atoms with E-state index in [9.17, 15) is 13.2 Å². The first-order chi connectivity index (χ1) is 19.3. The molecule has 4 heterocycles. The van der Waals surface area contributed by atoms with E-state index in [2.05, 4.69) is 31.8 Å². The molecule has 2 aromatic rings. The number of piperidine rings is 1. The van der Waals surface area contributed by atoms with E-state index in [1.54, 1.807) is 18.2 Å². The molecule has 0 atom stereocenters. The van der Waals surface area contributed by atoms with Gasteiger partial charge in [-0.15, -0.1) is 0 Å². The van der Waals surface area contributed by atoms with E-state index >= 15 is 0 Å². The number of carbonyl (C=O) groups excluding carboxylic acids is 1. The third-order valence-corrected chi connectivity index (χ3v) is 9.96. The van der Waals surface area contributed by atoms with Gasteiger partial charge in [-0.05, 0) is 67.3 Å². The number of morpholine rings is 1. The highest BCUT2D eigenvalue weighted by Crippen LogP contribution is 2.54. The fraction of sp³-hybridized carbons (Fsp3) is 0.571. The standard InChI is InChI=1S/C28H38N6O5S/c1-32-9-4-20-18-23(29-26(25(20)32)34-12-15-39-16-13-34)27(36)30-22-3-2-21(31-40(37,38)17-14-35)19-24(22)33-10-7-28(5-6-28)8-11-33/h2-3,18-19,31,35H,4-17H2,1H3,(H,30,36). The number of hydrogen-bond donors (Lipinski definition) is 3. The highest BCUT2D eigenvalue weighted by Gasteiger charge is 2.44. The van der Waals surface area contributed by atoms with Gasteiger partial charge in [0, 0.05) is 39.8 Å². The molecule has 1 saturated carbocycles. The van der Waals surface area contributed by atoms with Crippen molar-refractivity contribution in [3.05, 3.63) is 35.5 Å². The number of rotatable bonds is 8. The maximum Gasteiger partial charge on any atom is 0.274 e. The molecule has 1 aromatic carbocycles. The number of anilines is 5. The Balaban J connectivity index is 1.30. The second-order valence-corrected chi connectivity index (χ2v) is 13.3. The number of amides is 1. The van der Waals surface area contributed by atoms with Crippen LogP contribution in [0.3, 0.4) is 0 Å². The number of aliphatic hydroxyl groups excluding tert-OH is 1. The number of sulfonamides is 1. The Morgan fingerprint density at radius 3 is 2.50 bits per heavy atom. The molecule has 1 amide bonds. The Kier molecular flexibility index (Phi) is 7.26. The van der Waals surface area contributed by atoms with Crippen LogP contribution in [-0.2, 0) is 21.2 Å². The van der Waals surface area contributed by atoms with Gasteiger partial charge in [-0.2, -0.15) is 0 Å². The van der Waals surface area contributed by atoms with Crippen LogP contribution < -0.4 is 24.7 Å². The normalized spacial score (nSPS) is 20.0. The minimum absolute atomic E-state index is 0.294. The summed E-state index contributed by atoms with van der Waals surface area (Å²) >= 11 is 0. The first kappa shape index (κ1) is 27.1. The SMILES string of the molecule is CN1CCc2cc(C(=O)Nc3ccc(NS(=O)(=O)CCO)cc3N3CCC4(CC3)CC4)nc(N3CCOCC3)c21. The van der Waals surface area contributed by atoms with Crippen molar-refractivity contribution in [2.45, 2.75) is 32.1 Å². The van der Waals surface area contributed by atoms with Gasteiger partial charge in [0.2, 0.25) is 10.0 Å². The molecule has 6 rings (SSSR count). The quantitative estimate of drug-likeness (QED) is 0.438. The lowest BCUT2D eigenvalue weighted by Crippen LogP contribution is -2.38. The summed E-state index contributed by atoms with van der Waals surface area (Å²) in [7, 11) is -1.62. The van der Waals surface area contributed by atoms with Gasteiger partial charge in [0.1, 0.15) is 5.69 Å². The summed E-state index contributed by atoms with van der Waals surface area (Å²) in [6.07, 6.45) is 5.58. The van der Waals surface area contributed by atoms with E-state index in [0.29, 0.717) is 35.7 Å². The van der Waals surface area contributed by atoms with Crippen LogP contribution in [0.2, 0.25) is 0 Å². The van der Waals surface area contributed by atoms with Crippen molar-refractivity contribution in [2.75, 3.05) is 90.1 Å². The van der Waals surface area contributed by atoms with Crippen LogP contribution in [0.25, 0.3) is 0 Å². The minimum atomic E-state index is -3.68. The zero-order chi connectivity index (χ0) is 27.9. The second-order valence-electron chi connectivity index (χ2n) is 11.4. The van der Waals surface area contributed by atoms with Crippen LogP contribution in [0.1, 0.15) is 41.7 Å². The molecule has 216 valence electrons. The number of carbonyl (C=O) groups is 1. The zero-order valence-corrected chi connectivity index (χ0v) is 23.8. The molecule has 3 fully saturated rings.